The second kappa shape index (κ2) is 9.65. The Morgan fingerprint density at radius 3 is 3.00 bits per heavy atom. The lowest BCUT2D eigenvalue weighted by Crippen LogP contribution is -2.35. The van der Waals surface area contributed by atoms with Gasteiger partial charge in [0.05, 0.1) is 30.6 Å². The van der Waals surface area contributed by atoms with Crippen LogP contribution in [-0.4, -0.2) is 61.2 Å². The maximum absolute atomic E-state index is 14.7. The van der Waals surface area contributed by atoms with Crippen LogP contribution in [0.3, 0.4) is 0 Å². The Hall–Kier alpha value is -1.74. The Morgan fingerprint density at radius 1 is 1.43 bits per heavy atom. The molecule has 2 aliphatic rings. The maximum atomic E-state index is 14.7. The van der Waals surface area contributed by atoms with Gasteiger partial charge in [0.1, 0.15) is 11.9 Å². The molecule has 2 aliphatic heterocycles. The van der Waals surface area contributed by atoms with Gasteiger partial charge in [0, 0.05) is 18.8 Å². The van der Waals surface area contributed by atoms with Crippen LogP contribution in [0, 0.1) is 5.82 Å². The predicted octanol–water partition coefficient (Wildman–Crippen LogP) is 3.39. The normalized spacial score (nSPS) is 20.1. The third-order valence-corrected chi connectivity index (χ3v) is 5.79. The molecular weight excluding hydrogens is 401 g/mol. The molecule has 0 saturated carbocycles. The van der Waals surface area contributed by atoms with Gasteiger partial charge in [-0.3, -0.25) is 4.90 Å². The molecule has 2 heterocycles. The number of benzene rings is 1. The maximum Gasteiger partial charge on any atom is 0.414 e. The molecule has 1 aromatic carbocycles. The minimum absolute atomic E-state index is 0.0214. The van der Waals surface area contributed by atoms with Gasteiger partial charge in [0.15, 0.2) is 0 Å². The third-order valence-electron chi connectivity index (χ3n) is 4.50. The van der Waals surface area contributed by atoms with Gasteiger partial charge in [-0.2, -0.15) is 11.8 Å². The van der Waals surface area contributed by atoms with Gasteiger partial charge in [-0.1, -0.05) is 0 Å². The number of carbonyl (C=O) groups is 1. The van der Waals surface area contributed by atoms with Crippen LogP contribution in [0.25, 0.3) is 0 Å². The van der Waals surface area contributed by atoms with E-state index >= 15 is 0 Å². The molecule has 154 valence electrons. The number of halogens is 1. The van der Waals surface area contributed by atoms with Gasteiger partial charge in [-0.15, -0.1) is 0 Å². The molecule has 1 N–H and O–H groups in total. The summed E-state index contributed by atoms with van der Waals surface area (Å²) in [5.74, 6) is 1.79. The number of nitrogens with one attached hydrogen (secondary N) is 1. The highest BCUT2D eigenvalue weighted by molar-refractivity contribution is 7.99. The van der Waals surface area contributed by atoms with E-state index in [1.54, 1.807) is 12.1 Å². The van der Waals surface area contributed by atoms with Crippen LogP contribution in [-0.2, 0) is 9.47 Å². The van der Waals surface area contributed by atoms with Crippen LogP contribution in [0.2, 0.25) is 0 Å². The van der Waals surface area contributed by atoms with E-state index in [1.807, 2.05) is 25.6 Å². The summed E-state index contributed by atoms with van der Waals surface area (Å²) in [5.41, 5.74) is 1.09. The van der Waals surface area contributed by atoms with E-state index in [9.17, 15) is 9.18 Å². The molecule has 0 spiro atoms. The van der Waals surface area contributed by atoms with Gasteiger partial charge in [0.25, 0.3) is 5.17 Å². The summed E-state index contributed by atoms with van der Waals surface area (Å²) in [4.78, 5) is 15.7. The zero-order chi connectivity index (χ0) is 20.1. The fourth-order valence-corrected chi connectivity index (χ4v) is 4.36. The molecule has 2 fully saturated rings. The summed E-state index contributed by atoms with van der Waals surface area (Å²) >= 11 is 6.97. The first-order valence-corrected chi connectivity index (χ1v) is 11.0. The van der Waals surface area contributed by atoms with E-state index in [4.69, 9.17) is 21.7 Å². The highest BCUT2D eigenvalue weighted by atomic mass is 32.2. The Labute approximate surface area is 174 Å². The average Bonchev–Trinajstić information content (AvgIpc) is 2.83. The highest BCUT2D eigenvalue weighted by Gasteiger charge is 2.33. The molecule has 1 unspecified atom stereocenters. The van der Waals surface area contributed by atoms with Crippen molar-refractivity contribution in [2.45, 2.75) is 32.5 Å². The molecule has 1 amide bonds. The molecule has 2 saturated heterocycles. The lowest BCUT2D eigenvalue weighted by molar-refractivity contribution is 0.140. The topological polar surface area (TPSA) is 54.0 Å². The standard InChI is InChI=1S/C19H26FN3O3S2/c1-13(2)25-18(27)21-11-15-12-23(19(24)26-15)14-4-5-17(16(20)10-14)22-6-3-8-28-9-7-22/h4-5,10,13,15H,3,6-9,11-12H2,1-2H3,(H,21,27). The molecule has 0 aromatic heterocycles. The first-order chi connectivity index (χ1) is 13.4. The van der Waals surface area contributed by atoms with Gasteiger partial charge in [-0.25, -0.2) is 9.18 Å². The van der Waals surface area contributed by atoms with E-state index in [2.05, 4.69) is 10.2 Å². The van der Waals surface area contributed by atoms with E-state index < -0.39 is 6.09 Å². The van der Waals surface area contributed by atoms with Crippen LogP contribution >= 0.6 is 24.0 Å². The zero-order valence-corrected chi connectivity index (χ0v) is 17.8. The fourth-order valence-electron chi connectivity index (χ4n) is 3.20. The Bertz CT molecular complexity index is 712. The highest BCUT2D eigenvalue weighted by Crippen LogP contribution is 2.29. The van der Waals surface area contributed by atoms with Crippen molar-refractivity contribution in [1.82, 2.24) is 5.32 Å². The van der Waals surface area contributed by atoms with Crippen molar-refractivity contribution >= 4 is 46.6 Å². The molecule has 0 aliphatic carbocycles. The van der Waals surface area contributed by atoms with Crippen LogP contribution in [0.1, 0.15) is 20.3 Å². The zero-order valence-electron chi connectivity index (χ0n) is 16.2. The van der Waals surface area contributed by atoms with Crippen molar-refractivity contribution in [3.05, 3.63) is 24.0 Å². The Balaban J connectivity index is 1.61. The Morgan fingerprint density at radius 2 is 2.25 bits per heavy atom. The van der Waals surface area contributed by atoms with Crippen molar-refractivity contribution < 1.29 is 18.7 Å². The van der Waals surface area contributed by atoms with E-state index in [0.29, 0.717) is 24.5 Å². The number of rotatable bonds is 5. The van der Waals surface area contributed by atoms with Gasteiger partial charge in [-0.05, 0) is 56.4 Å². The predicted molar refractivity (Wildman–Crippen MR) is 115 cm³/mol. The number of hydrogen-bond acceptors (Lipinski definition) is 6. The number of carbonyl (C=O) groups excluding carboxylic acids is 1. The molecule has 1 atom stereocenters. The first-order valence-electron chi connectivity index (χ1n) is 9.49. The van der Waals surface area contributed by atoms with Crippen molar-refractivity contribution in [3.63, 3.8) is 0 Å². The van der Waals surface area contributed by atoms with Crippen LogP contribution in [0.5, 0.6) is 0 Å². The first kappa shape index (κ1) is 21.0. The van der Waals surface area contributed by atoms with Crippen molar-refractivity contribution in [1.29, 1.82) is 0 Å². The van der Waals surface area contributed by atoms with E-state index in [-0.39, 0.29) is 23.2 Å². The van der Waals surface area contributed by atoms with E-state index in [0.717, 1.165) is 31.0 Å². The number of amides is 1. The second-order valence-corrected chi connectivity index (χ2v) is 8.64. The number of thiocarbonyl (C=S) groups is 1. The van der Waals surface area contributed by atoms with Crippen LogP contribution < -0.4 is 15.1 Å². The minimum Gasteiger partial charge on any atom is -0.468 e. The number of anilines is 2. The van der Waals surface area contributed by atoms with Crippen molar-refractivity contribution in [2.75, 3.05) is 47.5 Å². The monoisotopic (exact) mass is 427 g/mol. The SMILES string of the molecule is CC(C)OC(=S)NCC1CN(c2ccc(N3CCCSCC3)c(F)c2)C(=O)O1. The number of thioether (sulfide) groups is 1. The molecule has 9 heteroatoms. The quantitative estimate of drug-likeness (QED) is 0.723. The largest absolute Gasteiger partial charge is 0.468 e. The molecular formula is C19H26FN3O3S2. The summed E-state index contributed by atoms with van der Waals surface area (Å²) in [6, 6.07) is 4.95. The number of hydrogen-bond donors (Lipinski definition) is 1. The summed E-state index contributed by atoms with van der Waals surface area (Å²) in [5, 5.41) is 3.21. The molecule has 0 bridgehead atoms. The van der Waals surface area contributed by atoms with Gasteiger partial charge < -0.3 is 19.7 Å². The smallest absolute Gasteiger partial charge is 0.414 e. The number of ether oxygens (including phenoxy) is 2. The van der Waals surface area contributed by atoms with Crippen LogP contribution in [0.4, 0.5) is 20.6 Å². The summed E-state index contributed by atoms with van der Waals surface area (Å²) in [6.45, 7) is 6.12. The third kappa shape index (κ3) is 5.41. The lowest BCUT2D eigenvalue weighted by Gasteiger charge is -2.24. The Kier molecular flexibility index (Phi) is 7.23. The average molecular weight is 428 g/mol. The molecule has 1 aromatic rings. The lowest BCUT2D eigenvalue weighted by atomic mass is 10.2. The van der Waals surface area contributed by atoms with Gasteiger partial charge >= 0.3 is 6.09 Å². The summed E-state index contributed by atoms with van der Waals surface area (Å²) < 4.78 is 25.5. The van der Waals surface area contributed by atoms with E-state index in [1.165, 1.54) is 11.0 Å². The minimum atomic E-state index is -0.485. The number of cyclic esters (lactones) is 1. The van der Waals surface area contributed by atoms with Gasteiger partial charge in [0.2, 0.25) is 0 Å². The fraction of sp³-hybridized carbons (Fsp3) is 0.579. The second-order valence-electron chi connectivity index (χ2n) is 7.04. The van der Waals surface area contributed by atoms with Crippen molar-refractivity contribution in [2.24, 2.45) is 0 Å². The number of nitrogens with zero attached hydrogens (tertiary/aromatic N) is 2. The molecule has 0 radical (unpaired) electrons. The van der Waals surface area contributed by atoms with Crippen LogP contribution in [0.15, 0.2) is 18.2 Å². The summed E-state index contributed by atoms with van der Waals surface area (Å²) in [6.07, 6.45) is 0.154. The molecule has 6 nitrogen and oxygen atoms in total. The molecule has 3 rings (SSSR count). The van der Waals surface area contributed by atoms with Crippen molar-refractivity contribution in [3.8, 4) is 0 Å². The molecule has 28 heavy (non-hydrogen) atoms. The summed E-state index contributed by atoms with van der Waals surface area (Å²) in [7, 11) is 0.